The van der Waals surface area contributed by atoms with E-state index in [2.05, 4.69) is 31.0 Å². The predicted octanol–water partition coefficient (Wildman–Crippen LogP) is 2.29. The van der Waals surface area contributed by atoms with E-state index in [9.17, 15) is 4.79 Å². The highest BCUT2D eigenvalue weighted by molar-refractivity contribution is 7.99. The van der Waals surface area contributed by atoms with Gasteiger partial charge in [-0.2, -0.15) is 11.8 Å². The Morgan fingerprint density at radius 1 is 1.40 bits per heavy atom. The molecule has 0 spiro atoms. The maximum atomic E-state index is 12.2. The van der Waals surface area contributed by atoms with E-state index in [4.69, 9.17) is 5.11 Å². The second-order valence-corrected chi connectivity index (χ2v) is 6.48. The Morgan fingerprint density at radius 2 is 2.10 bits per heavy atom. The van der Waals surface area contributed by atoms with Gasteiger partial charge in [0.05, 0.1) is 12.2 Å². The lowest BCUT2D eigenvalue weighted by atomic mass is 10.1. The van der Waals surface area contributed by atoms with Gasteiger partial charge in [0, 0.05) is 23.3 Å². The minimum Gasteiger partial charge on any atom is -0.395 e. The highest BCUT2D eigenvalue weighted by Gasteiger charge is 2.18. The van der Waals surface area contributed by atoms with Crippen LogP contribution in [0, 0.1) is 11.8 Å². The van der Waals surface area contributed by atoms with Gasteiger partial charge in [-0.3, -0.25) is 4.79 Å². The highest BCUT2D eigenvalue weighted by Crippen LogP contribution is 2.19. The van der Waals surface area contributed by atoms with E-state index in [1.54, 1.807) is 17.8 Å². The van der Waals surface area contributed by atoms with Gasteiger partial charge in [0.1, 0.15) is 0 Å². The van der Waals surface area contributed by atoms with Crippen LogP contribution in [0.4, 0.5) is 0 Å². The van der Waals surface area contributed by atoms with Crippen LogP contribution >= 0.6 is 11.8 Å². The smallest absolute Gasteiger partial charge is 0.252 e. The van der Waals surface area contributed by atoms with E-state index in [1.165, 1.54) is 0 Å². The Bertz CT molecular complexity index is 515. The fraction of sp³-hybridized carbons (Fsp3) is 0.438. The summed E-state index contributed by atoms with van der Waals surface area (Å²) in [6, 6.07) is 7.26. The maximum absolute atomic E-state index is 12.2. The van der Waals surface area contributed by atoms with Crippen molar-refractivity contribution in [1.29, 1.82) is 0 Å². The molecular weight excluding hydrogens is 270 g/mol. The quantitative estimate of drug-likeness (QED) is 0.818. The molecule has 4 heteroatoms. The summed E-state index contributed by atoms with van der Waals surface area (Å²) < 4.78 is 0.00711. The van der Waals surface area contributed by atoms with Gasteiger partial charge in [-0.25, -0.2) is 0 Å². The molecule has 108 valence electrons. The fourth-order valence-corrected chi connectivity index (χ4v) is 1.68. The van der Waals surface area contributed by atoms with Gasteiger partial charge < -0.3 is 10.4 Å². The van der Waals surface area contributed by atoms with E-state index >= 15 is 0 Å². The first-order valence-corrected chi connectivity index (χ1v) is 7.75. The van der Waals surface area contributed by atoms with Gasteiger partial charge in [0.25, 0.3) is 5.91 Å². The summed E-state index contributed by atoms with van der Waals surface area (Å²) in [6.45, 7) is 4.81. The lowest BCUT2D eigenvalue weighted by molar-refractivity contribution is 0.0950. The Balaban J connectivity index is 2.81. The molecule has 1 aromatic carbocycles. The van der Waals surface area contributed by atoms with Crippen LogP contribution in [-0.2, 0) is 0 Å². The third-order valence-electron chi connectivity index (χ3n) is 2.86. The minimum atomic E-state index is -0.110. The molecule has 2 N–H and O–H groups in total. The summed E-state index contributed by atoms with van der Waals surface area (Å²) in [5, 5.41) is 11.7. The first kappa shape index (κ1) is 16.6. The van der Waals surface area contributed by atoms with Crippen LogP contribution in [0.25, 0.3) is 0 Å². The second-order valence-electron chi connectivity index (χ2n) is 4.97. The molecule has 0 heterocycles. The number of thioether (sulfide) groups is 1. The zero-order chi connectivity index (χ0) is 15.0. The fourth-order valence-electron chi connectivity index (χ4n) is 1.46. The molecule has 0 atom stereocenters. The molecule has 1 amide bonds. The van der Waals surface area contributed by atoms with Crippen LogP contribution in [0.2, 0.25) is 0 Å². The van der Waals surface area contributed by atoms with Crippen molar-refractivity contribution in [3.8, 4) is 11.8 Å². The molecule has 0 aliphatic rings. The van der Waals surface area contributed by atoms with Crippen molar-refractivity contribution in [2.75, 3.05) is 19.4 Å². The van der Waals surface area contributed by atoms with Crippen molar-refractivity contribution in [2.24, 2.45) is 0 Å². The van der Waals surface area contributed by atoms with Crippen molar-refractivity contribution >= 4 is 17.7 Å². The third kappa shape index (κ3) is 5.28. The van der Waals surface area contributed by atoms with Gasteiger partial charge in [-0.15, -0.1) is 0 Å². The summed E-state index contributed by atoms with van der Waals surface area (Å²) in [7, 11) is 0. The summed E-state index contributed by atoms with van der Waals surface area (Å²) >= 11 is 1.71. The van der Waals surface area contributed by atoms with Crippen molar-refractivity contribution in [2.45, 2.75) is 25.0 Å². The van der Waals surface area contributed by atoms with Crippen LogP contribution in [0.3, 0.4) is 0 Å². The van der Waals surface area contributed by atoms with Gasteiger partial charge in [-0.1, -0.05) is 24.0 Å². The van der Waals surface area contributed by atoms with Gasteiger partial charge in [-0.05, 0) is 32.2 Å². The molecule has 1 rings (SSSR count). The Morgan fingerprint density at radius 3 is 2.75 bits per heavy atom. The van der Waals surface area contributed by atoms with Crippen molar-refractivity contribution in [1.82, 2.24) is 5.32 Å². The number of amides is 1. The molecule has 0 unspecified atom stereocenters. The molecule has 0 aliphatic heterocycles. The number of aliphatic hydroxyl groups is 1. The monoisotopic (exact) mass is 291 g/mol. The van der Waals surface area contributed by atoms with E-state index < -0.39 is 0 Å². The summed E-state index contributed by atoms with van der Waals surface area (Å²) in [4.78, 5) is 12.2. The zero-order valence-electron chi connectivity index (χ0n) is 12.2. The molecule has 0 aromatic heterocycles. The molecule has 0 aliphatic carbocycles. The molecule has 0 saturated heterocycles. The van der Waals surface area contributed by atoms with Crippen molar-refractivity contribution < 1.29 is 9.90 Å². The van der Waals surface area contributed by atoms with Crippen molar-refractivity contribution in [3.05, 3.63) is 35.4 Å². The number of aliphatic hydroxyl groups excluding tert-OH is 1. The van der Waals surface area contributed by atoms with Gasteiger partial charge >= 0.3 is 0 Å². The average molecular weight is 291 g/mol. The number of carbonyl (C=O) groups excluding carboxylic acids is 1. The standard InChI is InChI=1S/C16H21NO2S/c1-16(2,20-3)12-17-15(19)14-10-5-4-8-13(14)9-6-7-11-18/h4-5,8,10,18H,7,11-12H2,1-3H3,(H,17,19). The molecule has 0 radical (unpaired) electrons. The number of carbonyl (C=O) groups is 1. The van der Waals surface area contributed by atoms with Gasteiger partial charge in [0.15, 0.2) is 0 Å². The molecule has 1 aromatic rings. The third-order valence-corrected chi connectivity index (χ3v) is 4.11. The Kier molecular flexibility index (Phi) is 6.63. The van der Waals surface area contributed by atoms with E-state index in [0.717, 1.165) is 0 Å². The van der Waals surface area contributed by atoms with E-state index in [1.807, 2.05) is 24.5 Å². The second kappa shape index (κ2) is 7.98. The van der Waals surface area contributed by atoms with Crippen molar-refractivity contribution in [3.63, 3.8) is 0 Å². The molecule has 0 saturated carbocycles. The van der Waals surface area contributed by atoms with Crippen LogP contribution in [0.5, 0.6) is 0 Å². The Labute approximate surface area is 125 Å². The average Bonchev–Trinajstić information content (AvgIpc) is 2.46. The minimum absolute atomic E-state index is 0.00711. The lowest BCUT2D eigenvalue weighted by Gasteiger charge is -2.22. The SMILES string of the molecule is CSC(C)(C)CNC(=O)c1ccccc1C#CCCO. The summed E-state index contributed by atoms with van der Waals surface area (Å²) in [5.74, 6) is 5.67. The van der Waals surface area contributed by atoms with Crippen LogP contribution in [0.15, 0.2) is 24.3 Å². The van der Waals surface area contributed by atoms with E-state index in [0.29, 0.717) is 24.1 Å². The molecule has 0 fully saturated rings. The number of hydrogen-bond acceptors (Lipinski definition) is 3. The van der Waals surface area contributed by atoms with Gasteiger partial charge in [0.2, 0.25) is 0 Å². The number of hydrogen-bond donors (Lipinski definition) is 2. The Hall–Kier alpha value is -1.44. The first-order valence-electron chi connectivity index (χ1n) is 6.52. The maximum Gasteiger partial charge on any atom is 0.252 e. The summed E-state index contributed by atoms with van der Waals surface area (Å²) in [5.41, 5.74) is 1.27. The molecular formula is C16H21NO2S. The van der Waals surface area contributed by atoms with Crippen LogP contribution < -0.4 is 5.32 Å². The molecule has 20 heavy (non-hydrogen) atoms. The first-order chi connectivity index (χ1) is 9.50. The molecule has 3 nitrogen and oxygen atoms in total. The predicted molar refractivity (Wildman–Crippen MR) is 85.0 cm³/mol. The lowest BCUT2D eigenvalue weighted by Crippen LogP contribution is -2.36. The van der Waals surface area contributed by atoms with Crippen LogP contribution in [-0.4, -0.2) is 35.2 Å². The number of rotatable bonds is 5. The zero-order valence-corrected chi connectivity index (χ0v) is 13.0. The molecule has 0 bridgehead atoms. The highest BCUT2D eigenvalue weighted by atomic mass is 32.2. The van der Waals surface area contributed by atoms with E-state index in [-0.39, 0.29) is 17.3 Å². The number of nitrogens with one attached hydrogen (secondary N) is 1. The number of benzene rings is 1. The largest absolute Gasteiger partial charge is 0.395 e. The topological polar surface area (TPSA) is 49.3 Å². The normalized spacial score (nSPS) is 10.6. The summed E-state index contributed by atoms with van der Waals surface area (Å²) in [6.07, 6.45) is 2.44. The van der Waals surface area contributed by atoms with Crippen LogP contribution in [0.1, 0.15) is 36.2 Å².